The first kappa shape index (κ1) is 28.8. The third-order valence-electron chi connectivity index (χ3n) is 6.73. The number of fused-ring (bicyclic) bond motifs is 2. The van der Waals surface area contributed by atoms with E-state index in [0.717, 1.165) is 38.2 Å². The monoisotopic (exact) mass is 862 g/mol. The molecular formula is C28H24Br6N2. The molecule has 0 radical (unpaired) electrons. The maximum absolute atomic E-state index is 4.89. The van der Waals surface area contributed by atoms with Crippen molar-refractivity contribution in [1.29, 1.82) is 0 Å². The summed E-state index contributed by atoms with van der Waals surface area (Å²) in [6.07, 6.45) is 14.6. The zero-order valence-electron chi connectivity index (χ0n) is 20.4. The summed E-state index contributed by atoms with van der Waals surface area (Å²) in [7, 11) is 2.12. The molecule has 0 aliphatic carbocycles. The number of anilines is 1. The Labute approximate surface area is 263 Å². The van der Waals surface area contributed by atoms with Crippen LogP contribution in [0.15, 0.2) is 92.2 Å². The normalized spacial score (nSPS) is 19.2. The molecule has 2 aromatic carbocycles. The van der Waals surface area contributed by atoms with E-state index >= 15 is 0 Å². The fraction of sp³-hybridized carbons (Fsp3) is 0.250. The molecule has 0 atom stereocenters. The predicted octanol–water partition coefficient (Wildman–Crippen LogP) is 11.6. The number of hydrogen-bond donors (Lipinski definition) is 0. The lowest BCUT2D eigenvalue weighted by molar-refractivity contribution is 0.637. The number of nitrogens with zero attached hydrogens (tertiary/aromatic N) is 2. The quantitative estimate of drug-likeness (QED) is 0.221. The molecule has 0 saturated carbocycles. The van der Waals surface area contributed by atoms with Crippen LogP contribution in [0.5, 0.6) is 0 Å². The summed E-state index contributed by atoms with van der Waals surface area (Å²) in [6, 6.07) is 4.23. The molecule has 0 fully saturated rings. The second-order valence-electron chi connectivity index (χ2n) is 9.75. The molecule has 2 heterocycles. The van der Waals surface area contributed by atoms with Crippen molar-refractivity contribution in [3.05, 3.63) is 98.3 Å². The molecule has 0 bridgehead atoms. The van der Waals surface area contributed by atoms with E-state index in [4.69, 9.17) is 4.99 Å². The van der Waals surface area contributed by atoms with Crippen LogP contribution in [-0.2, 0) is 10.8 Å². The van der Waals surface area contributed by atoms with Gasteiger partial charge >= 0.3 is 0 Å². The van der Waals surface area contributed by atoms with Gasteiger partial charge in [-0.3, -0.25) is 4.99 Å². The number of halogens is 6. The van der Waals surface area contributed by atoms with Crippen molar-refractivity contribution in [3.63, 3.8) is 0 Å². The largest absolute Gasteiger partial charge is 0.347 e. The second-order valence-corrected chi connectivity index (χ2v) is 14.6. The molecule has 2 aromatic rings. The van der Waals surface area contributed by atoms with Crippen LogP contribution in [0.3, 0.4) is 0 Å². The van der Waals surface area contributed by atoms with Gasteiger partial charge < -0.3 is 4.90 Å². The lowest BCUT2D eigenvalue weighted by Crippen LogP contribution is -2.24. The molecule has 8 heteroatoms. The van der Waals surface area contributed by atoms with Gasteiger partial charge in [0.1, 0.15) is 0 Å². The van der Waals surface area contributed by atoms with E-state index in [-0.39, 0.29) is 10.8 Å². The molecule has 0 unspecified atom stereocenters. The van der Waals surface area contributed by atoms with Crippen molar-refractivity contribution in [3.8, 4) is 0 Å². The van der Waals surface area contributed by atoms with Crippen LogP contribution in [-0.4, -0.2) is 12.8 Å². The third kappa shape index (κ3) is 4.92. The standard InChI is InChI=1S/C28H24Br6N2/c1-27(2)19(35-17-13-15(29)23(31)25(33)21(17)27)11-9-7-6-8-10-12-20-28(3,4)22-18(36(20)5)14-16(30)24(32)26(22)34/h6-14H,1-5H3/b7-6+,10-8+,11-9+,20-12+. The molecule has 188 valence electrons. The van der Waals surface area contributed by atoms with Crippen LogP contribution in [0, 0.1) is 0 Å². The van der Waals surface area contributed by atoms with Crippen LogP contribution in [0.2, 0.25) is 0 Å². The van der Waals surface area contributed by atoms with E-state index in [0.29, 0.717) is 0 Å². The topological polar surface area (TPSA) is 15.6 Å². The minimum atomic E-state index is -0.187. The van der Waals surface area contributed by atoms with Crippen molar-refractivity contribution in [1.82, 2.24) is 0 Å². The molecule has 0 aromatic heterocycles. The van der Waals surface area contributed by atoms with Gasteiger partial charge in [-0.05, 0) is 120 Å². The highest BCUT2D eigenvalue weighted by Gasteiger charge is 2.41. The zero-order valence-corrected chi connectivity index (χ0v) is 29.9. The molecule has 2 nitrogen and oxygen atoms in total. The number of aliphatic imine (C=N–C) groups is 1. The summed E-state index contributed by atoms with van der Waals surface area (Å²) in [4.78, 5) is 7.15. The Kier molecular flexibility index (Phi) is 8.57. The van der Waals surface area contributed by atoms with Gasteiger partial charge in [0.25, 0.3) is 0 Å². The Hall–Kier alpha value is -0.250. The van der Waals surface area contributed by atoms with Crippen LogP contribution >= 0.6 is 95.6 Å². The van der Waals surface area contributed by atoms with Crippen molar-refractivity contribution >= 4 is 113 Å². The fourth-order valence-electron chi connectivity index (χ4n) is 4.83. The second kappa shape index (κ2) is 10.7. The Morgan fingerprint density at radius 3 is 1.92 bits per heavy atom. The first-order valence-electron chi connectivity index (χ1n) is 11.2. The summed E-state index contributed by atoms with van der Waals surface area (Å²) in [5, 5.41) is 0. The van der Waals surface area contributed by atoms with Gasteiger partial charge in [-0.2, -0.15) is 0 Å². The van der Waals surface area contributed by atoms with Gasteiger partial charge in [0.15, 0.2) is 0 Å². The first-order valence-corrected chi connectivity index (χ1v) is 16.0. The summed E-state index contributed by atoms with van der Waals surface area (Å²) in [5.41, 5.74) is 6.64. The van der Waals surface area contributed by atoms with Crippen molar-refractivity contribution < 1.29 is 0 Å². The molecule has 0 N–H and O–H groups in total. The highest BCUT2D eigenvalue weighted by molar-refractivity contribution is 9.15. The molecule has 0 saturated heterocycles. The fourth-order valence-corrected chi connectivity index (χ4v) is 8.65. The molecular weight excluding hydrogens is 844 g/mol. The Morgan fingerprint density at radius 1 is 0.694 bits per heavy atom. The smallest absolute Gasteiger partial charge is 0.0698 e. The number of likely N-dealkylation sites (N-methyl/N-ethyl adjacent to an activating group) is 1. The Balaban J connectivity index is 1.50. The number of benzene rings is 2. The van der Waals surface area contributed by atoms with Crippen LogP contribution in [0.4, 0.5) is 11.4 Å². The molecule has 4 rings (SSSR count). The molecule has 0 spiro atoms. The Morgan fingerprint density at radius 2 is 1.25 bits per heavy atom. The van der Waals surface area contributed by atoms with E-state index in [2.05, 4.69) is 178 Å². The average Bonchev–Trinajstić information content (AvgIpc) is 3.15. The average molecular weight is 868 g/mol. The minimum absolute atomic E-state index is 0.125. The summed E-state index contributed by atoms with van der Waals surface area (Å²) >= 11 is 22.1. The van der Waals surface area contributed by atoms with Crippen LogP contribution < -0.4 is 4.90 Å². The number of allylic oxidation sites excluding steroid dienone is 8. The highest BCUT2D eigenvalue weighted by Crippen LogP contribution is 2.53. The van der Waals surface area contributed by atoms with E-state index in [9.17, 15) is 0 Å². The maximum atomic E-state index is 4.89. The van der Waals surface area contributed by atoms with E-state index in [1.54, 1.807) is 0 Å². The summed E-state index contributed by atoms with van der Waals surface area (Å²) < 4.78 is 6.22. The summed E-state index contributed by atoms with van der Waals surface area (Å²) in [5.74, 6) is 0. The van der Waals surface area contributed by atoms with Gasteiger partial charge in [0.05, 0.1) is 11.4 Å². The van der Waals surface area contributed by atoms with E-state index < -0.39 is 0 Å². The van der Waals surface area contributed by atoms with Crippen molar-refractivity contribution in [2.45, 2.75) is 38.5 Å². The van der Waals surface area contributed by atoms with Gasteiger partial charge in [0, 0.05) is 67.2 Å². The van der Waals surface area contributed by atoms with E-state index in [1.807, 2.05) is 12.2 Å². The van der Waals surface area contributed by atoms with Gasteiger partial charge in [-0.15, -0.1) is 0 Å². The molecule has 2 aliphatic rings. The van der Waals surface area contributed by atoms with E-state index in [1.165, 1.54) is 22.5 Å². The molecule has 0 amide bonds. The highest BCUT2D eigenvalue weighted by atomic mass is 79.9. The SMILES string of the molecule is CN1/C(=C/C=C/C=C/C=C/C2=Nc3cc(Br)c(Br)c(Br)c3C2(C)C)C(C)(C)c2c1cc(Br)c(Br)c2Br. The Bertz CT molecular complexity index is 1410. The minimum Gasteiger partial charge on any atom is -0.347 e. The van der Waals surface area contributed by atoms with Gasteiger partial charge in [0.2, 0.25) is 0 Å². The van der Waals surface area contributed by atoms with Gasteiger partial charge in [-0.1, -0.05) is 58.1 Å². The number of rotatable bonds is 4. The lowest BCUT2D eigenvalue weighted by Gasteiger charge is -2.24. The summed E-state index contributed by atoms with van der Waals surface area (Å²) in [6.45, 7) is 8.93. The maximum Gasteiger partial charge on any atom is 0.0698 e. The lowest BCUT2D eigenvalue weighted by atomic mass is 9.81. The molecule has 36 heavy (non-hydrogen) atoms. The van der Waals surface area contributed by atoms with Crippen molar-refractivity contribution in [2.75, 3.05) is 11.9 Å². The molecule has 2 aliphatic heterocycles. The van der Waals surface area contributed by atoms with Gasteiger partial charge in [-0.25, -0.2) is 0 Å². The zero-order chi connectivity index (χ0) is 26.6. The van der Waals surface area contributed by atoms with Crippen LogP contribution in [0.25, 0.3) is 0 Å². The van der Waals surface area contributed by atoms with Crippen LogP contribution in [0.1, 0.15) is 38.8 Å². The predicted molar refractivity (Wildman–Crippen MR) is 176 cm³/mol. The van der Waals surface area contributed by atoms with Crippen molar-refractivity contribution in [2.24, 2.45) is 4.99 Å². The first-order chi connectivity index (χ1) is 16.8. The number of hydrogen-bond acceptors (Lipinski definition) is 2. The third-order valence-corrected chi connectivity index (χ3v) is 13.3.